The van der Waals surface area contributed by atoms with Gasteiger partial charge in [0.15, 0.2) is 17.3 Å². The number of hydrogen-bond donors (Lipinski definition) is 4. The summed E-state index contributed by atoms with van der Waals surface area (Å²) in [5, 5.41) is 25.9. The molecule has 0 unspecified atom stereocenters. The molecule has 0 spiro atoms. The summed E-state index contributed by atoms with van der Waals surface area (Å²) in [7, 11) is 1.49. The number of nitrogens with one attached hydrogen (secondary N) is 1. The lowest BCUT2D eigenvalue weighted by atomic mass is 9.88. The lowest BCUT2D eigenvalue weighted by Crippen LogP contribution is -2.45. The van der Waals surface area contributed by atoms with Crippen molar-refractivity contribution in [3.8, 4) is 33.8 Å². The summed E-state index contributed by atoms with van der Waals surface area (Å²) < 4.78 is 0.477. The molecule has 56 heavy (non-hydrogen) atoms. The summed E-state index contributed by atoms with van der Waals surface area (Å²) in [6.45, 7) is 3.33. The number of benzene rings is 4. The number of hydrogen-bond acceptors (Lipinski definition) is 8. The van der Waals surface area contributed by atoms with Gasteiger partial charge in [-0.15, -0.1) is 0 Å². The maximum absolute atomic E-state index is 14.6. The van der Waals surface area contributed by atoms with Crippen LogP contribution >= 0.6 is 43.5 Å². The maximum Gasteiger partial charge on any atom is 0.226 e. The zero-order chi connectivity index (χ0) is 40.8. The normalized spacial score (nSPS) is 17.7. The molecule has 0 aliphatic carbocycles. The van der Waals surface area contributed by atoms with E-state index in [9.17, 15) is 34.2 Å². The summed E-state index contributed by atoms with van der Waals surface area (Å²) in [5.74, 6) is -4.12. The van der Waals surface area contributed by atoms with Crippen molar-refractivity contribution in [3.63, 3.8) is 0 Å². The van der Waals surface area contributed by atoms with E-state index in [0.717, 1.165) is 11.1 Å². The second-order valence-corrected chi connectivity index (χ2v) is 16.5. The second-order valence-electron chi connectivity index (χ2n) is 14.4. The highest BCUT2D eigenvalue weighted by Crippen LogP contribution is 2.45. The van der Waals surface area contributed by atoms with Crippen molar-refractivity contribution in [2.45, 2.75) is 64.5 Å². The molecule has 2 amide bonds. The van der Waals surface area contributed by atoms with Gasteiger partial charge in [-0.2, -0.15) is 0 Å². The summed E-state index contributed by atoms with van der Waals surface area (Å²) in [5.41, 5.74) is 9.31. The van der Waals surface area contributed by atoms with Crippen LogP contribution in [-0.2, 0) is 25.6 Å². The fourth-order valence-electron chi connectivity index (χ4n) is 7.03. The van der Waals surface area contributed by atoms with E-state index < -0.39 is 41.5 Å². The molecule has 5 N–H and O–H groups in total. The van der Waals surface area contributed by atoms with Gasteiger partial charge in [-0.25, -0.2) is 0 Å². The molecule has 1 heterocycles. The molecule has 10 nitrogen and oxygen atoms in total. The highest BCUT2D eigenvalue weighted by molar-refractivity contribution is 9.11. The first-order chi connectivity index (χ1) is 26.6. The number of ketones is 3. The van der Waals surface area contributed by atoms with E-state index in [1.165, 1.54) is 31.0 Å². The number of carbonyl (C=O) groups excluding carboxylic acids is 5. The van der Waals surface area contributed by atoms with Crippen molar-refractivity contribution in [3.05, 3.63) is 103 Å². The predicted molar refractivity (Wildman–Crippen MR) is 223 cm³/mol. The standard InChI is InChI=1S/C43H44Br2ClN3O7/c1-23-16-38(52)39(30-20-33(41(54)35(45)21-30)32-17-25(18-34(44)40(32)53)19-36(24(2)50)48-42(23)55)49(3)43(56)29(6-4-5-15-47)22-37(51)28-9-7-26(8-10-28)27-11-13-31(46)14-12-27/h7-14,17-18,20-21,23,29,36,39,53-54H,4-6,15-16,19,22,47H2,1-3H3,(H,48,55)/t23-,29-,36+,39+/m1/s1. The van der Waals surface area contributed by atoms with E-state index in [2.05, 4.69) is 37.2 Å². The number of phenols is 2. The molecule has 5 rings (SSSR count). The van der Waals surface area contributed by atoms with Crippen molar-refractivity contribution >= 4 is 72.6 Å². The number of unbranched alkanes of at least 4 members (excludes halogenated alkanes) is 1. The number of carbonyl (C=O) groups is 5. The van der Waals surface area contributed by atoms with Crippen LogP contribution in [0.15, 0.2) is 81.7 Å². The van der Waals surface area contributed by atoms with Crippen molar-refractivity contribution < 1.29 is 34.2 Å². The summed E-state index contributed by atoms with van der Waals surface area (Å²) in [6.07, 6.45) is 1.20. The van der Waals surface area contributed by atoms with Crippen LogP contribution in [0, 0.1) is 11.8 Å². The number of nitrogens with zero attached hydrogens (tertiary/aromatic N) is 1. The van der Waals surface area contributed by atoms with Crippen molar-refractivity contribution in [1.29, 1.82) is 0 Å². The molecule has 4 bridgehead atoms. The Morgan fingerprint density at radius 3 is 2.09 bits per heavy atom. The van der Waals surface area contributed by atoms with Crippen LogP contribution in [0.1, 0.15) is 73.5 Å². The van der Waals surface area contributed by atoms with Crippen LogP contribution in [0.5, 0.6) is 11.5 Å². The smallest absolute Gasteiger partial charge is 0.226 e. The van der Waals surface area contributed by atoms with E-state index in [4.69, 9.17) is 17.3 Å². The quantitative estimate of drug-likeness (QED) is 0.0861. The van der Waals surface area contributed by atoms with E-state index in [1.54, 1.807) is 43.3 Å². The molecular weight excluding hydrogens is 866 g/mol. The monoisotopic (exact) mass is 907 g/mol. The number of Topliss-reactive ketones (excluding diaryl/α,β-unsaturated/α-hetero) is 3. The van der Waals surface area contributed by atoms with Gasteiger partial charge in [0.2, 0.25) is 11.8 Å². The molecule has 4 atom stereocenters. The number of rotatable bonds is 11. The highest BCUT2D eigenvalue weighted by Gasteiger charge is 2.36. The average molecular weight is 910 g/mol. The second kappa shape index (κ2) is 18.7. The van der Waals surface area contributed by atoms with Crippen LogP contribution in [0.4, 0.5) is 0 Å². The largest absolute Gasteiger partial charge is 0.506 e. The Hall–Kier alpha value is -4.36. The third-order valence-corrected chi connectivity index (χ3v) is 11.7. The van der Waals surface area contributed by atoms with Crippen LogP contribution in [0.2, 0.25) is 5.02 Å². The topological polar surface area (TPSA) is 167 Å². The zero-order valence-electron chi connectivity index (χ0n) is 31.3. The van der Waals surface area contributed by atoms with Crippen molar-refractivity contribution in [1.82, 2.24) is 10.2 Å². The van der Waals surface area contributed by atoms with Gasteiger partial charge in [0.25, 0.3) is 0 Å². The summed E-state index contributed by atoms with van der Waals surface area (Å²) >= 11 is 12.8. The Morgan fingerprint density at radius 1 is 0.893 bits per heavy atom. The molecule has 4 aromatic carbocycles. The molecule has 0 radical (unpaired) electrons. The number of fused-ring (bicyclic) bond motifs is 5. The van der Waals surface area contributed by atoms with E-state index in [0.29, 0.717) is 47.5 Å². The van der Waals surface area contributed by atoms with E-state index >= 15 is 0 Å². The molecular formula is C43H44Br2ClN3O7. The Kier molecular flexibility index (Phi) is 14.3. The van der Waals surface area contributed by atoms with Gasteiger partial charge in [0.05, 0.1) is 15.0 Å². The van der Waals surface area contributed by atoms with Gasteiger partial charge < -0.3 is 26.2 Å². The molecule has 1 aliphatic rings. The SMILES string of the molecule is CC(=O)[C@@H]1Cc2cc(Br)c(O)c(c2)-c2cc(cc(Br)c2O)[C@H](N(C)C(=O)[C@H](CCCCN)CC(=O)c2ccc(-c3ccc(Cl)cc3)cc2)C(=O)C[C@@H](C)C(=O)N1. The van der Waals surface area contributed by atoms with Gasteiger partial charge in [-0.05, 0) is 123 Å². The van der Waals surface area contributed by atoms with Gasteiger partial charge in [-0.1, -0.05) is 61.3 Å². The Labute approximate surface area is 348 Å². The van der Waals surface area contributed by atoms with Gasteiger partial charge in [-0.3, -0.25) is 24.0 Å². The average Bonchev–Trinajstić information content (AvgIpc) is 3.16. The molecule has 0 fully saturated rings. The maximum atomic E-state index is 14.6. The van der Waals surface area contributed by atoms with E-state index in [1.807, 2.05) is 24.3 Å². The Balaban J connectivity index is 1.55. The zero-order valence-corrected chi connectivity index (χ0v) is 35.2. The lowest BCUT2D eigenvalue weighted by molar-refractivity contribution is -0.142. The number of amides is 2. The van der Waals surface area contributed by atoms with E-state index in [-0.39, 0.29) is 62.4 Å². The third-order valence-electron chi connectivity index (χ3n) is 10.2. The fourth-order valence-corrected chi connectivity index (χ4v) is 8.15. The summed E-state index contributed by atoms with van der Waals surface area (Å²) in [6, 6.07) is 18.6. The molecule has 4 aromatic rings. The minimum Gasteiger partial charge on any atom is -0.506 e. The van der Waals surface area contributed by atoms with Gasteiger partial charge >= 0.3 is 0 Å². The van der Waals surface area contributed by atoms with Crippen LogP contribution in [-0.4, -0.2) is 63.9 Å². The van der Waals surface area contributed by atoms with Crippen molar-refractivity contribution in [2.24, 2.45) is 17.6 Å². The number of likely N-dealkylation sites (N-methyl/N-ethyl adjacent to an activating group) is 1. The van der Waals surface area contributed by atoms with Crippen molar-refractivity contribution in [2.75, 3.05) is 13.6 Å². The number of halogens is 3. The molecule has 1 aliphatic heterocycles. The van der Waals surface area contributed by atoms with Gasteiger partial charge in [0.1, 0.15) is 17.5 Å². The van der Waals surface area contributed by atoms with Crippen LogP contribution in [0.25, 0.3) is 22.3 Å². The minimum atomic E-state index is -1.26. The lowest BCUT2D eigenvalue weighted by Gasteiger charge is -2.32. The Morgan fingerprint density at radius 2 is 1.48 bits per heavy atom. The predicted octanol–water partition coefficient (Wildman–Crippen LogP) is 8.35. The van der Waals surface area contributed by atoms with Crippen LogP contribution in [0.3, 0.4) is 0 Å². The minimum absolute atomic E-state index is 0.0892. The van der Waals surface area contributed by atoms with Gasteiger partial charge in [0, 0.05) is 53.4 Å². The fraction of sp³-hybridized carbons (Fsp3) is 0.326. The summed E-state index contributed by atoms with van der Waals surface area (Å²) in [4.78, 5) is 70.3. The first kappa shape index (κ1) is 42.8. The first-order valence-corrected chi connectivity index (χ1v) is 20.3. The molecule has 13 heteroatoms. The number of phenolic OH excluding ortho intramolecular Hbond substituents is 2. The number of aromatic hydroxyl groups is 2. The Bertz CT molecular complexity index is 2140. The molecule has 294 valence electrons. The molecule has 0 aromatic heterocycles. The highest BCUT2D eigenvalue weighted by atomic mass is 79.9. The third kappa shape index (κ3) is 9.95. The number of nitrogens with two attached hydrogens (primary N) is 1. The molecule has 0 saturated carbocycles. The first-order valence-electron chi connectivity index (χ1n) is 18.3. The van der Waals surface area contributed by atoms with Crippen LogP contribution < -0.4 is 11.1 Å². The molecule has 0 saturated heterocycles.